The van der Waals surface area contributed by atoms with Crippen LogP contribution in [0.1, 0.15) is 47.2 Å². The summed E-state index contributed by atoms with van der Waals surface area (Å²) in [5, 5.41) is 14.8. The summed E-state index contributed by atoms with van der Waals surface area (Å²) in [6.07, 6.45) is -0.126. The van der Waals surface area contributed by atoms with E-state index < -0.39 is 24.0 Å². The number of rotatable bonds is 8. The van der Waals surface area contributed by atoms with Crippen molar-refractivity contribution < 1.29 is 24.2 Å². The number of carboxylic acid groups (broad SMARTS) is 1. The van der Waals surface area contributed by atoms with Crippen molar-refractivity contribution in [1.82, 2.24) is 5.32 Å². The number of hydrogen-bond donors (Lipinski definition) is 3. The van der Waals surface area contributed by atoms with Crippen LogP contribution in [0.2, 0.25) is 0 Å². The molecule has 0 unspecified atom stereocenters. The number of aromatic carboxylic acids is 1. The van der Waals surface area contributed by atoms with Gasteiger partial charge in [0.05, 0.1) is 11.3 Å². The zero-order valence-electron chi connectivity index (χ0n) is 19.1. The molecule has 3 N–H and O–H groups in total. The fourth-order valence-electron chi connectivity index (χ4n) is 4.35. The molecule has 0 heterocycles. The number of halogens is 1. The maximum Gasteiger partial charge on any atom is 0.407 e. The third-order valence-corrected chi connectivity index (χ3v) is 6.76. The highest BCUT2D eigenvalue weighted by Gasteiger charge is 2.29. The van der Waals surface area contributed by atoms with E-state index in [2.05, 4.69) is 38.7 Å². The van der Waals surface area contributed by atoms with Gasteiger partial charge in [0.15, 0.2) is 0 Å². The molecule has 0 saturated carbocycles. The lowest BCUT2D eigenvalue weighted by atomic mass is 9.98. The SMILES string of the molecule is CC[C@@H](CC(=O)Nc1c(Br)cccc1C(=O)O)NC(=O)OCC1c2ccccc2-c2ccccc21. The second kappa shape index (κ2) is 10.7. The van der Waals surface area contributed by atoms with Gasteiger partial charge >= 0.3 is 12.1 Å². The highest BCUT2D eigenvalue weighted by molar-refractivity contribution is 9.10. The first-order valence-electron chi connectivity index (χ1n) is 11.3. The molecule has 0 aromatic heterocycles. The monoisotopic (exact) mass is 536 g/mol. The van der Waals surface area contributed by atoms with Crippen LogP contribution in [0.15, 0.2) is 71.2 Å². The summed E-state index contributed by atoms with van der Waals surface area (Å²) in [5.41, 5.74) is 4.69. The Labute approximate surface area is 211 Å². The molecule has 4 rings (SSSR count). The molecule has 35 heavy (non-hydrogen) atoms. The second-order valence-electron chi connectivity index (χ2n) is 8.29. The van der Waals surface area contributed by atoms with Crippen molar-refractivity contribution >= 4 is 39.6 Å². The summed E-state index contributed by atoms with van der Waals surface area (Å²) in [7, 11) is 0. The Morgan fingerprint density at radius 1 is 0.971 bits per heavy atom. The van der Waals surface area contributed by atoms with E-state index in [1.54, 1.807) is 12.1 Å². The molecule has 0 aliphatic heterocycles. The summed E-state index contributed by atoms with van der Waals surface area (Å²) >= 11 is 3.28. The summed E-state index contributed by atoms with van der Waals surface area (Å²) in [4.78, 5) is 36.7. The van der Waals surface area contributed by atoms with E-state index in [4.69, 9.17) is 4.74 Å². The number of fused-ring (bicyclic) bond motifs is 3. The Morgan fingerprint density at radius 2 is 1.60 bits per heavy atom. The molecular weight excluding hydrogens is 512 g/mol. The van der Waals surface area contributed by atoms with Gasteiger partial charge in [0.2, 0.25) is 5.91 Å². The third kappa shape index (κ3) is 5.38. The number of carbonyl (C=O) groups is 3. The predicted molar refractivity (Wildman–Crippen MR) is 137 cm³/mol. The number of ether oxygens (including phenoxy) is 1. The number of hydrogen-bond acceptors (Lipinski definition) is 4. The molecular formula is C27H25BrN2O5. The Bertz CT molecular complexity index is 1230. The summed E-state index contributed by atoms with van der Waals surface area (Å²) in [6.45, 7) is 2.03. The number of alkyl carbamates (subject to hydrolysis) is 1. The van der Waals surface area contributed by atoms with Crippen LogP contribution in [-0.2, 0) is 9.53 Å². The van der Waals surface area contributed by atoms with Crippen molar-refractivity contribution in [3.63, 3.8) is 0 Å². The molecule has 0 bridgehead atoms. The summed E-state index contributed by atoms with van der Waals surface area (Å²) in [5.74, 6) is -1.61. The summed E-state index contributed by atoms with van der Waals surface area (Å²) in [6, 6.07) is 20.4. The Balaban J connectivity index is 1.36. The van der Waals surface area contributed by atoms with Crippen LogP contribution >= 0.6 is 15.9 Å². The zero-order chi connectivity index (χ0) is 24.9. The molecule has 1 atom stereocenters. The highest BCUT2D eigenvalue weighted by atomic mass is 79.9. The fourth-order valence-corrected chi connectivity index (χ4v) is 4.81. The average molecular weight is 537 g/mol. The van der Waals surface area contributed by atoms with Crippen LogP contribution in [0.5, 0.6) is 0 Å². The Kier molecular flexibility index (Phi) is 7.51. The maximum absolute atomic E-state index is 12.6. The second-order valence-corrected chi connectivity index (χ2v) is 9.15. The van der Waals surface area contributed by atoms with Crippen molar-refractivity contribution in [3.8, 4) is 11.1 Å². The van der Waals surface area contributed by atoms with E-state index in [1.165, 1.54) is 6.07 Å². The number of para-hydroxylation sites is 1. The minimum Gasteiger partial charge on any atom is -0.478 e. The molecule has 1 aliphatic rings. The van der Waals surface area contributed by atoms with E-state index in [1.807, 2.05) is 43.3 Å². The van der Waals surface area contributed by atoms with Gasteiger partial charge in [-0.2, -0.15) is 0 Å². The minimum atomic E-state index is -1.15. The van der Waals surface area contributed by atoms with Gasteiger partial charge < -0.3 is 20.5 Å². The largest absolute Gasteiger partial charge is 0.478 e. The lowest BCUT2D eigenvalue weighted by molar-refractivity contribution is -0.116. The molecule has 3 aromatic carbocycles. The van der Waals surface area contributed by atoms with Gasteiger partial charge in [-0.3, -0.25) is 4.79 Å². The van der Waals surface area contributed by atoms with Gasteiger partial charge in [0.25, 0.3) is 0 Å². The van der Waals surface area contributed by atoms with Crippen LogP contribution < -0.4 is 10.6 Å². The van der Waals surface area contributed by atoms with Crippen LogP contribution in [0, 0.1) is 0 Å². The van der Waals surface area contributed by atoms with E-state index in [9.17, 15) is 19.5 Å². The predicted octanol–water partition coefficient (Wildman–Crippen LogP) is 5.79. The van der Waals surface area contributed by atoms with Gasteiger partial charge in [-0.05, 0) is 56.7 Å². The first kappa shape index (κ1) is 24.5. The number of amides is 2. The quantitative estimate of drug-likeness (QED) is 0.337. The molecule has 2 amide bonds. The fraction of sp³-hybridized carbons (Fsp3) is 0.222. The molecule has 0 spiro atoms. The molecule has 3 aromatic rings. The standard InChI is InChI=1S/C27H25BrN2O5/c1-2-16(14-24(31)30-25-21(26(32)33)12-7-13-23(25)28)29-27(34)35-15-22-19-10-5-3-8-17(19)18-9-4-6-11-20(18)22/h3-13,16,22H,2,14-15H2,1H3,(H,29,34)(H,30,31)(H,32,33)/t16-/m0/s1. The zero-order valence-corrected chi connectivity index (χ0v) is 20.7. The Hall–Kier alpha value is -3.65. The molecule has 1 aliphatic carbocycles. The molecule has 7 nitrogen and oxygen atoms in total. The normalized spacial score (nSPS) is 12.9. The number of anilines is 1. The van der Waals surface area contributed by atoms with Crippen molar-refractivity contribution in [2.24, 2.45) is 0 Å². The molecule has 0 saturated heterocycles. The highest BCUT2D eigenvalue weighted by Crippen LogP contribution is 2.44. The van der Waals surface area contributed by atoms with Gasteiger partial charge in [-0.1, -0.05) is 61.5 Å². The van der Waals surface area contributed by atoms with Crippen LogP contribution in [0.3, 0.4) is 0 Å². The van der Waals surface area contributed by atoms with E-state index in [-0.39, 0.29) is 30.2 Å². The van der Waals surface area contributed by atoms with Gasteiger partial charge in [-0.25, -0.2) is 9.59 Å². The van der Waals surface area contributed by atoms with Crippen molar-refractivity contribution in [1.29, 1.82) is 0 Å². The molecule has 0 radical (unpaired) electrons. The smallest absolute Gasteiger partial charge is 0.407 e. The van der Waals surface area contributed by atoms with Crippen LogP contribution in [0.25, 0.3) is 11.1 Å². The number of carboxylic acids is 1. The van der Waals surface area contributed by atoms with Crippen molar-refractivity contribution in [2.45, 2.75) is 31.7 Å². The first-order valence-corrected chi connectivity index (χ1v) is 12.1. The van der Waals surface area contributed by atoms with Crippen LogP contribution in [-0.4, -0.2) is 35.7 Å². The van der Waals surface area contributed by atoms with Gasteiger partial charge in [0.1, 0.15) is 6.61 Å². The first-order chi connectivity index (χ1) is 16.9. The topological polar surface area (TPSA) is 105 Å². The molecule has 8 heteroatoms. The summed E-state index contributed by atoms with van der Waals surface area (Å²) < 4.78 is 6.04. The minimum absolute atomic E-state index is 0.0229. The Morgan fingerprint density at radius 3 is 2.20 bits per heavy atom. The lowest BCUT2D eigenvalue weighted by Crippen LogP contribution is -2.38. The van der Waals surface area contributed by atoms with E-state index in [0.29, 0.717) is 10.9 Å². The third-order valence-electron chi connectivity index (χ3n) is 6.10. The number of nitrogens with one attached hydrogen (secondary N) is 2. The van der Waals surface area contributed by atoms with Crippen molar-refractivity contribution in [2.75, 3.05) is 11.9 Å². The van der Waals surface area contributed by atoms with Crippen molar-refractivity contribution in [3.05, 3.63) is 87.9 Å². The van der Waals surface area contributed by atoms with Gasteiger partial charge in [-0.15, -0.1) is 0 Å². The van der Waals surface area contributed by atoms with E-state index in [0.717, 1.165) is 22.3 Å². The molecule has 180 valence electrons. The lowest BCUT2D eigenvalue weighted by Gasteiger charge is -2.19. The number of benzene rings is 3. The average Bonchev–Trinajstić information content (AvgIpc) is 3.17. The molecule has 0 fully saturated rings. The van der Waals surface area contributed by atoms with E-state index >= 15 is 0 Å². The number of carbonyl (C=O) groups excluding carboxylic acids is 2. The van der Waals surface area contributed by atoms with Crippen LogP contribution in [0.4, 0.5) is 10.5 Å². The van der Waals surface area contributed by atoms with Gasteiger partial charge in [0, 0.05) is 22.9 Å². The maximum atomic E-state index is 12.6.